The summed E-state index contributed by atoms with van der Waals surface area (Å²) in [5, 5.41) is 9.23. The maximum absolute atomic E-state index is 13.0. The van der Waals surface area contributed by atoms with Gasteiger partial charge in [-0.25, -0.2) is 13.1 Å². The number of sulfonamides is 1. The third-order valence-electron chi connectivity index (χ3n) is 5.19. The predicted molar refractivity (Wildman–Crippen MR) is 126 cm³/mol. The van der Waals surface area contributed by atoms with Gasteiger partial charge >= 0.3 is 5.97 Å². The van der Waals surface area contributed by atoms with Gasteiger partial charge in [0.1, 0.15) is 0 Å². The Morgan fingerprint density at radius 2 is 1.53 bits per heavy atom. The van der Waals surface area contributed by atoms with Crippen LogP contribution in [0.5, 0.6) is 0 Å². The van der Waals surface area contributed by atoms with E-state index in [1.807, 2.05) is 54.6 Å². The average Bonchev–Trinajstić information content (AvgIpc) is 2.77. The first kappa shape index (κ1) is 24.0. The minimum atomic E-state index is -3.74. The lowest BCUT2D eigenvalue weighted by Crippen LogP contribution is -2.30. The van der Waals surface area contributed by atoms with Crippen LogP contribution in [0.15, 0.2) is 83.8 Å². The van der Waals surface area contributed by atoms with Crippen molar-refractivity contribution >= 4 is 27.6 Å². The van der Waals surface area contributed by atoms with E-state index >= 15 is 0 Å². The second kappa shape index (κ2) is 11.3. The first-order valence-electron chi connectivity index (χ1n) is 10.5. The molecule has 3 rings (SSSR count). The van der Waals surface area contributed by atoms with Gasteiger partial charge in [-0.2, -0.15) is 0 Å². The Morgan fingerprint density at radius 1 is 0.875 bits per heavy atom. The number of aryl methyl sites for hydroxylation is 1. The van der Waals surface area contributed by atoms with E-state index in [4.69, 9.17) is 16.7 Å². The topological polar surface area (TPSA) is 83.5 Å². The molecule has 3 aromatic rings. The van der Waals surface area contributed by atoms with Crippen LogP contribution in [0.3, 0.4) is 0 Å². The predicted octanol–water partition coefficient (Wildman–Crippen LogP) is 5.40. The highest BCUT2D eigenvalue weighted by molar-refractivity contribution is 7.89. The molecule has 0 radical (unpaired) electrons. The SMILES string of the molecule is O=C(O)CCCCc1ccc(C(Cc2ccccc2)NS(=O)(=O)c2ccc(Cl)cc2)cc1. The molecule has 0 saturated heterocycles. The monoisotopic (exact) mass is 471 g/mol. The number of hydrogen-bond donors (Lipinski definition) is 2. The summed E-state index contributed by atoms with van der Waals surface area (Å²) in [4.78, 5) is 10.8. The number of carboxylic acid groups (broad SMARTS) is 1. The lowest BCUT2D eigenvalue weighted by Gasteiger charge is -2.20. The van der Waals surface area contributed by atoms with Gasteiger partial charge in [0, 0.05) is 11.4 Å². The number of halogens is 1. The minimum Gasteiger partial charge on any atom is -0.481 e. The molecule has 2 N–H and O–H groups in total. The molecule has 0 fully saturated rings. The van der Waals surface area contributed by atoms with Crippen LogP contribution in [0.4, 0.5) is 0 Å². The Hall–Kier alpha value is -2.67. The van der Waals surface area contributed by atoms with Gasteiger partial charge in [-0.15, -0.1) is 0 Å². The van der Waals surface area contributed by atoms with E-state index in [0.717, 1.165) is 29.5 Å². The van der Waals surface area contributed by atoms with E-state index < -0.39 is 22.0 Å². The van der Waals surface area contributed by atoms with Crippen molar-refractivity contribution in [3.63, 3.8) is 0 Å². The third-order valence-corrected chi connectivity index (χ3v) is 6.93. The van der Waals surface area contributed by atoms with Gasteiger partial charge in [0.2, 0.25) is 10.0 Å². The minimum absolute atomic E-state index is 0.162. The summed E-state index contributed by atoms with van der Waals surface area (Å²) in [5.74, 6) is -0.780. The zero-order valence-corrected chi connectivity index (χ0v) is 19.1. The molecule has 0 aromatic heterocycles. The van der Waals surface area contributed by atoms with Crippen LogP contribution < -0.4 is 4.72 Å². The highest BCUT2D eigenvalue weighted by Gasteiger charge is 2.22. The van der Waals surface area contributed by atoms with E-state index in [1.54, 1.807) is 12.1 Å². The molecule has 1 unspecified atom stereocenters. The van der Waals surface area contributed by atoms with Crippen molar-refractivity contribution < 1.29 is 18.3 Å². The Labute approximate surface area is 194 Å². The molecule has 0 amide bonds. The summed E-state index contributed by atoms with van der Waals surface area (Å²) in [5.41, 5.74) is 2.98. The van der Waals surface area contributed by atoms with Crippen molar-refractivity contribution in [1.29, 1.82) is 0 Å². The fourth-order valence-electron chi connectivity index (χ4n) is 3.47. The van der Waals surface area contributed by atoms with Crippen molar-refractivity contribution in [2.24, 2.45) is 0 Å². The van der Waals surface area contributed by atoms with Crippen molar-refractivity contribution in [2.45, 2.75) is 43.0 Å². The number of carbonyl (C=O) groups is 1. The Morgan fingerprint density at radius 3 is 2.16 bits per heavy atom. The Kier molecular flexibility index (Phi) is 8.45. The number of nitrogens with one attached hydrogen (secondary N) is 1. The number of aliphatic carboxylic acids is 1. The quantitative estimate of drug-likeness (QED) is 0.367. The zero-order chi connectivity index (χ0) is 23.0. The van der Waals surface area contributed by atoms with E-state index in [2.05, 4.69) is 4.72 Å². The smallest absolute Gasteiger partial charge is 0.303 e. The molecule has 168 valence electrons. The van der Waals surface area contributed by atoms with Crippen LogP contribution in [0, 0.1) is 0 Å². The first-order chi connectivity index (χ1) is 15.3. The molecular weight excluding hydrogens is 446 g/mol. The van der Waals surface area contributed by atoms with Crippen LogP contribution in [0.2, 0.25) is 5.02 Å². The zero-order valence-electron chi connectivity index (χ0n) is 17.6. The van der Waals surface area contributed by atoms with Crippen molar-refractivity contribution in [1.82, 2.24) is 4.72 Å². The average molecular weight is 472 g/mol. The number of hydrogen-bond acceptors (Lipinski definition) is 3. The Bertz CT molecular complexity index is 1110. The van der Waals surface area contributed by atoms with Crippen LogP contribution >= 0.6 is 11.6 Å². The lowest BCUT2D eigenvalue weighted by molar-refractivity contribution is -0.137. The van der Waals surface area contributed by atoms with Gasteiger partial charge in [0.05, 0.1) is 10.9 Å². The lowest BCUT2D eigenvalue weighted by atomic mass is 9.97. The normalized spacial score (nSPS) is 12.4. The fraction of sp³-hybridized carbons (Fsp3) is 0.240. The van der Waals surface area contributed by atoms with Gasteiger partial charge in [0.15, 0.2) is 0 Å². The van der Waals surface area contributed by atoms with E-state index in [0.29, 0.717) is 17.9 Å². The molecule has 1 atom stereocenters. The van der Waals surface area contributed by atoms with Gasteiger partial charge in [-0.05, 0) is 66.6 Å². The van der Waals surface area contributed by atoms with E-state index in [9.17, 15) is 13.2 Å². The fourth-order valence-corrected chi connectivity index (χ4v) is 4.82. The van der Waals surface area contributed by atoms with E-state index in [-0.39, 0.29) is 11.3 Å². The summed E-state index contributed by atoms with van der Waals surface area (Å²) in [6.07, 6.45) is 2.89. The second-order valence-corrected chi connectivity index (χ2v) is 9.81. The highest BCUT2D eigenvalue weighted by Crippen LogP contribution is 2.23. The van der Waals surface area contributed by atoms with Crippen LogP contribution in [0.1, 0.15) is 42.0 Å². The maximum atomic E-state index is 13.0. The number of unbranched alkanes of at least 4 members (excludes halogenated alkanes) is 1. The van der Waals surface area contributed by atoms with Gasteiger partial charge in [-0.1, -0.05) is 66.2 Å². The molecule has 7 heteroatoms. The molecule has 0 aliphatic rings. The number of carboxylic acids is 1. The van der Waals surface area contributed by atoms with Crippen molar-refractivity contribution in [3.05, 3.63) is 101 Å². The first-order valence-corrected chi connectivity index (χ1v) is 12.3. The Balaban J connectivity index is 1.78. The molecule has 0 aliphatic carbocycles. The van der Waals surface area contributed by atoms with Crippen LogP contribution in [0.25, 0.3) is 0 Å². The van der Waals surface area contributed by atoms with Crippen molar-refractivity contribution in [2.75, 3.05) is 0 Å². The molecule has 0 spiro atoms. The summed E-state index contributed by atoms with van der Waals surface area (Å²) >= 11 is 5.90. The molecule has 5 nitrogen and oxygen atoms in total. The summed E-state index contributed by atoms with van der Waals surface area (Å²) in [7, 11) is -3.74. The molecule has 32 heavy (non-hydrogen) atoms. The molecule has 3 aromatic carbocycles. The maximum Gasteiger partial charge on any atom is 0.303 e. The molecule has 0 bridgehead atoms. The largest absolute Gasteiger partial charge is 0.481 e. The highest BCUT2D eigenvalue weighted by atomic mass is 35.5. The summed E-state index contributed by atoms with van der Waals surface area (Å²) < 4.78 is 28.9. The standard InChI is InChI=1S/C25H26ClNO4S/c26-22-14-16-23(17-15-22)32(30,31)27-24(18-20-7-2-1-3-8-20)21-12-10-19(11-13-21)6-4-5-9-25(28)29/h1-3,7-8,10-17,24,27H,4-6,9,18H2,(H,28,29). The van der Waals surface area contributed by atoms with Crippen molar-refractivity contribution in [3.8, 4) is 0 Å². The summed E-state index contributed by atoms with van der Waals surface area (Å²) in [6, 6.07) is 23.2. The van der Waals surface area contributed by atoms with Gasteiger partial charge < -0.3 is 5.11 Å². The molecule has 0 aliphatic heterocycles. The van der Waals surface area contributed by atoms with Crippen LogP contribution in [-0.2, 0) is 27.7 Å². The molecular formula is C25H26ClNO4S. The second-order valence-electron chi connectivity index (χ2n) is 7.66. The number of benzene rings is 3. The summed E-state index contributed by atoms with van der Waals surface area (Å²) in [6.45, 7) is 0. The van der Waals surface area contributed by atoms with Gasteiger partial charge in [0.25, 0.3) is 0 Å². The van der Waals surface area contributed by atoms with Gasteiger partial charge in [-0.3, -0.25) is 4.79 Å². The number of rotatable bonds is 11. The van der Waals surface area contributed by atoms with E-state index in [1.165, 1.54) is 12.1 Å². The molecule has 0 heterocycles. The molecule has 0 saturated carbocycles. The van der Waals surface area contributed by atoms with Crippen LogP contribution in [-0.4, -0.2) is 19.5 Å². The third kappa shape index (κ3) is 7.19.